The highest BCUT2D eigenvalue weighted by Gasteiger charge is 2.04. The number of carboxylic acid groups (broad SMARTS) is 2. The zero-order valence-corrected chi connectivity index (χ0v) is 12.9. The summed E-state index contributed by atoms with van der Waals surface area (Å²) in [5, 5.41) is 26.5. The molecule has 0 atom stereocenters. The third kappa shape index (κ3) is 9.89. The summed E-state index contributed by atoms with van der Waals surface area (Å²) >= 11 is 1.86. The van der Waals surface area contributed by atoms with Crippen LogP contribution in [0, 0.1) is 13.8 Å². The van der Waals surface area contributed by atoms with Crippen molar-refractivity contribution in [2.45, 2.75) is 18.7 Å². The van der Waals surface area contributed by atoms with Crippen molar-refractivity contribution in [3.8, 4) is 0 Å². The van der Waals surface area contributed by atoms with E-state index in [2.05, 4.69) is 37.4 Å². The lowest BCUT2D eigenvalue weighted by molar-refractivity contribution is -0.159. The number of aryl methyl sites for hydroxylation is 2. The molecule has 0 aliphatic heterocycles. The van der Waals surface area contributed by atoms with Crippen LogP contribution in [0.1, 0.15) is 11.1 Å². The van der Waals surface area contributed by atoms with Crippen molar-refractivity contribution in [3.63, 3.8) is 0 Å². The van der Waals surface area contributed by atoms with Crippen LogP contribution in [0.5, 0.6) is 0 Å². The van der Waals surface area contributed by atoms with Gasteiger partial charge in [-0.2, -0.15) is 0 Å². The molecule has 0 aromatic heterocycles. The number of aliphatic hydroxyl groups is 1. The largest absolute Gasteiger partial charge is 0.473 e. The second-order valence-corrected chi connectivity index (χ2v) is 5.34. The minimum absolute atomic E-state index is 0.216. The molecule has 0 spiro atoms. The Morgan fingerprint density at radius 2 is 1.76 bits per heavy atom. The van der Waals surface area contributed by atoms with Crippen LogP contribution < -0.4 is 5.32 Å². The predicted molar refractivity (Wildman–Crippen MR) is 81.9 cm³/mol. The Morgan fingerprint density at radius 1 is 1.14 bits per heavy atom. The molecule has 21 heavy (non-hydrogen) atoms. The van der Waals surface area contributed by atoms with Gasteiger partial charge in [-0.3, -0.25) is 0 Å². The summed E-state index contributed by atoms with van der Waals surface area (Å²) in [4.78, 5) is 19.6. The summed E-state index contributed by atoms with van der Waals surface area (Å²) in [7, 11) is 0. The lowest BCUT2D eigenvalue weighted by Crippen LogP contribution is -2.20. The molecular formula is C14H21NO5S. The first kappa shape index (κ1) is 19.4. The number of carboxylic acids is 2. The Labute approximate surface area is 128 Å². The van der Waals surface area contributed by atoms with Gasteiger partial charge in [-0.1, -0.05) is 17.7 Å². The molecule has 0 aliphatic rings. The SMILES string of the molecule is Cc1ccc(SCCNCCO)c(C)c1.O=C(O)C(=O)O. The molecule has 0 amide bonds. The predicted octanol–water partition coefficient (Wildman–Crippen LogP) is 1.13. The van der Waals surface area contributed by atoms with Crippen molar-refractivity contribution in [2.75, 3.05) is 25.4 Å². The first-order chi connectivity index (χ1) is 9.88. The molecule has 0 bridgehead atoms. The quantitative estimate of drug-likeness (QED) is 0.354. The van der Waals surface area contributed by atoms with Gasteiger partial charge in [0, 0.05) is 23.7 Å². The Hall–Kier alpha value is -1.57. The molecule has 0 unspecified atom stereocenters. The zero-order chi connectivity index (χ0) is 16.3. The highest BCUT2D eigenvalue weighted by Crippen LogP contribution is 2.22. The van der Waals surface area contributed by atoms with Gasteiger partial charge >= 0.3 is 11.9 Å². The van der Waals surface area contributed by atoms with E-state index in [1.165, 1.54) is 16.0 Å². The Bertz CT molecular complexity index is 453. The fourth-order valence-corrected chi connectivity index (χ4v) is 2.32. The van der Waals surface area contributed by atoms with Crippen LogP contribution in [0.4, 0.5) is 0 Å². The summed E-state index contributed by atoms with van der Waals surface area (Å²) < 4.78 is 0. The molecule has 0 heterocycles. The summed E-state index contributed by atoms with van der Waals surface area (Å²) in [6, 6.07) is 6.54. The van der Waals surface area contributed by atoms with Gasteiger partial charge in [0.1, 0.15) is 0 Å². The number of benzene rings is 1. The normalized spacial score (nSPS) is 9.67. The van der Waals surface area contributed by atoms with Gasteiger partial charge in [0.05, 0.1) is 6.61 Å². The summed E-state index contributed by atoms with van der Waals surface area (Å²) in [5.41, 5.74) is 2.66. The van der Waals surface area contributed by atoms with Crippen LogP contribution in [-0.2, 0) is 9.59 Å². The fourth-order valence-electron chi connectivity index (χ4n) is 1.40. The molecule has 4 N–H and O–H groups in total. The molecule has 1 aromatic rings. The van der Waals surface area contributed by atoms with Crippen LogP contribution in [0.3, 0.4) is 0 Å². The van der Waals surface area contributed by atoms with Crippen molar-refractivity contribution < 1.29 is 24.9 Å². The number of thioether (sulfide) groups is 1. The minimum Gasteiger partial charge on any atom is -0.473 e. The Balaban J connectivity index is 0.000000567. The highest BCUT2D eigenvalue weighted by molar-refractivity contribution is 7.99. The molecule has 118 valence electrons. The lowest BCUT2D eigenvalue weighted by atomic mass is 10.2. The van der Waals surface area contributed by atoms with Gasteiger partial charge in [0.2, 0.25) is 0 Å². The van der Waals surface area contributed by atoms with Gasteiger partial charge in [0.15, 0.2) is 0 Å². The molecular weight excluding hydrogens is 294 g/mol. The number of rotatable bonds is 6. The minimum atomic E-state index is -1.82. The van der Waals surface area contributed by atoms with Crippen LogP contribution >= 0.6 is 11.8 Å². The van der Waals surface area contributed by atoms with Gasteiger partial charge < -0.3 is 20.6 Å². The number of aliphatic carboxylic acids is 2. The Morgan fingerprint density at radius 3 is 2.24 bits per heavy atom. The Kier molecular flexibility index (Phi) is 10.3. The average molecular weight is 315 g/mol. The molecule has 7 heteroatoms. The van der Waals surface area contributed by atoms with Gasteiger partial charge in [-0.05, 0) is 25.5 Å². The number of hydrogen-bond acceptors (Lipinski definition) is 5. The third-order valence-corrected chi connectivity index (χ3v) is 3.52. The summed E-state index contributed by atoms with van der Waals surface area (Å²) in [6.07, 6.45) is 0. The molecule has 0 radical (unpaired) electrons. The van der Waals surface area contributed by atoms with E-state index in [4.69, 9.17) is 24.9 Å². The van der Waals surface area contributed by atoms with Crippen molar-refractivity contribution in [3.05, 3.63) is 29.3 Å². The smallest absolute Gasteiger partial charge is 0.414 e. The first-order valence-electron chi connectivity index (χ1n) is 6.36. The number of hydrogen-bond donors (Lipinski definition) is 4. The highest BCUT2D eigenvalue weighted by atomic mass is 32.2. The van der Waals surface area contributed by atoms with E-state index < -0.39 is 11.9 Å². The van der Waals surface area contributed by atoms with E-state index >= 15 is 0 Å². The van der Waals surface area contributed by atoms with Gasteiger partial charge in [-0.15, -0.1) is 11.8 Å². The van der Waals surface area contributed by atoms with E-state index in [0.29, 0.717) is 6.54 Å². The first-order valence-corrected chi connectivity index (χ1v) is 7.35. The van der Waals surface area contributed by atoms with Crippen molar-refractivity contribution in [1.29, 1.82) is 0 Å². The van der Waals surface area contributed by atoms with Crippen molar-refractivity contribution >= 4 is 23.7 Å². The second kappa shape index (κ2) is 11.1. The molecule has 0 fully saturated rings. The maximum atomic E-state index is 9.10. The van der Waals surface area contributed by atoms with Crippen LogP contribution in [0.15, 0.2) is 23.1 Å². The van der Waals surface area contributed by atoms with E-state index in [9.17, 15) is 0 Å². The van der Waals surface area contributed by atoms with Gasteiger partial charge in [0.25, 0.3) is 0 Å². The molecule has 0 saturated carbocycles. The maximum Gasteiger partial charge on any atom is 0.414 e. The second-order valence-electron chi connectivity index (χ2n) is 4.20. The monoisotopic (exact) mass is 315 g/mol. The fraction of sp³-hybridized carbons (Fsp3) is 0.429. The van der Waals surface area contributed by atoms with Crippen LogP contribution in [-0.4, -0.2) is 52.7 Å². The van der Waals surface area contributed by atoms with E-state index in [1.54, 1.807) is 0 Å². The van der Waals surface area contributed by atoms with E-state index in [-0.39, 0.29) is 6.61 Å². The molecule has 6 nitrogen and oxygen atoms in total. The molecule has 0 saturated heterocycles. The maximum absolute atomic E-state index is 9.10. The van der Waals surface area contributed by atoms with Crippen LogP contribution in [0.25, 0.3) is 0 Å². The molecule has 1 rings (SSSR count). The summed E-state index contributed by atoms with van der Waals surface area (Å²) in [5.74, 6) is -2.60. The average Bonchev–Trinajstić information content (AvgIpc) is 2.41. The van der Waals surface area contributed by atoms with E-state index in [1.807, 2.05) is 11.8 Å². The van der Waals surface area contributed by atoms with Crippen molar-refractivity contribution in [2.24, 2.45) is 0 Å². The topological polar surface area (TPSA) is 107 Å². The standard InChI is InChI=1S/C12H19NOS.C2H2O4/c1-10-3-4-12(11(2)9-10)15-8-6-13-5-7-14;3-1(4)2(5)6/h3-4,9,13-14H,5-8H2,1-2H3;(H,3,4)(H,5,6). The van der Waals surface area contributed by atoms with Gasteiger partial charge in [-0.25, -0.2) is 9.59 Å². The number of nitrogens with one attached hydrogen (secondary N) is 1. The van der Waals surface area contributed by atoms with Crippen molar-refractivity contribution in [1.82, 2.24) is 5.32 Å². The number of carbonyl (C=O) groups is 2. The number of aliphatic hydroxyl groups excluding tert-OH is 1. The third-order valence-electron chi connectivity index (χ3n) is 2.34. The van der Waals surface area contributed by atoms with E-state index in [0.717, 1.165) is 12.3 Å². The summed E-state index contributed by atoms with van der Waals surface area (Å²) in [6.45, 7) is 6.11. The lowest BCUT2D eigenvalue weighted by Gasteiger charge is -2.06. The molecule has 1 aromatic carbocycles. The zero-order valence-electron chi connectivity index (χ0n) is 12.1. The molecule has 0 aliphatic carbocycles. The van der Waals surface area contributed by atoms with Crippen LogP contribution in [0.2, 0.25) is 0 Å².